The number of amides is 3. The van der Waals surface area contributed by atoms with Crippen LogP contribution in [0.5, 0.6) is 0 Å². The van der Waals surface area contributed by atoms with Crippen molar-refractivity contribution >= 4 is 39.9 Å². The van der Waals surface area contributed by atoms with Gasteiger partial charge in [0.25, 0.3) is 0 Å². The molecule has 6 rings (SSSR count). The Bertz CT molecular complexity index is 1430. The zero-order chi connectivity index (χ0) is 26.7. The van der Waals surface area contributed by atoms with Gasteiger partial charge in [-0.25, -0.2) is 0 Å². The molecule has 0 radical (unpaired) electrons. The van der Waals surface area contributed by atoms with E-state index in [1.54, 1.807) is 19.1 Å². The van der Waals surface area contributed by atoms with E-state index in [4.69, 9.17) is 4.74 Å². The minimum atomic E-state index is -1.16. The maximum Gasteiger partial charge on any atom is 0.250 e. The van der Waals surface area contributed by atoms with Crippen molar-refractivity contribution in [1.29, 1.82) is 0 Å². The van der Waals surface area contributed by atoms with Crippen LogP contribution in [0.3, 0.4) is 0 Å². The molecule has 3 heterocycles. The zero-order valence-electron chi connectivity index (χ0n) is 21.4. The molecule has 2 bridgehead atoms. The van der Waals surface area contributed by atoms with Gasteiger partial charge in [0.05, 0.1) is 30.1 Å². The van der Waals surface area contributed by atoms with Crippen LogP contribution in [0.1, 0.15) is 26.7 Å². The Hall–Kier alpha value is -3.75. The molecule has 6 atom stereocenters. The number of hydrogen-bond acceptors (Lipinski definition) is 5. The lowest BCUT2D eigenvalue weighted by molar-refractivity contribution is -0.146. The van der Waals surface area contributed by atoms with Gasteiger partial charge >= 0.3 is 0 Å². The number of nitrogens with one attached hydrogen (secondary N) is 2. The lowest BCUT2D eigenvalue weighted by Crippen LogP contribution is -2.55. The van der Waals surface area contributed by atoms with Crippen molar-refractivity contribution in [2.45, 2.75) is 50.0 Å². The number of anilines is 2. The topological polar surface area (TPSA) is 108 Å². The van der Waals surface area contributed by atoms with Crippen molar-refractivity contribution < 1.29 is 24.2 Å². The fraction of sp³-hybridized carbons (Fsp3) is 0.367. The Morgan fingerprint density at radius 2 is 1.66 bits per heavy atom. The second-order valence-corrected chi connectivity index (χ2v) is 10.9. The SMILES string of the molecule is C[C@H](CO)N1C(=O)[C@@H]2[C@H](C(=O)Nc3ccccc3)[C@]3(C)CCC2(O3)C1C(=O)Nc1ccc2ccccc2c1. The van der Waals surface area contributed by atoms with Crippen LogP contribution in [0.4, 0.5) is 11.4 Å². The Morgan fingerprint density at radius 1 is 0.974 bits per heavy atom. The molecular formula is C30H31N3O5. The van der Waals surface area contributed by atoms with E-state index in [-0.39, 0.29) is 24.3 Å². The van der Waals surface area contributed by atoms with Crippen LogP contribution >= 0.6 is 0 Å². The van der Waals surface area contributed by atoms with Gasteiger partial charge in [-0.05, 0) is 61.7 Å². The Balaban J connectivity index is 1.36. The Kier molecular flexibility index (Phi) is 5.77. The summed E-state index contributed by atoms with van der Waals surface area (Å²) in [5, 5.41) is 18.0. The Morgan fingerprint density at radius 3 is 2.39 bits per heavy atom. The summed E-state index contributed by atoms with van der Waals surface area (Å²) in [5.74, 6) is -2.61. The van der Waals surface area contributed by atoms with E-state index >= 15 is 0 Å². The first-order valence-corrected chi connectivity index (χ1v) is 13.1. The molecule has 0 saturated carbocycles. The molecule has 38 heavy (non-hydrogen) atoms. The first kappa shape index (κ1) is 24.6. The van der Waals surface area contributed by atoms with Crippen LogP contribution in [0.15, 0.2) is 72.8 Å². The number of hydrogen-bond donors (Lipinski definition) is 3. The highest BCUT2D eigenvalue weighted by Gasteiger charge is 2.78. The fourth-order valence-electron chi connectivity index (χ4n) is 6.85. The number of benzene rings is 3. The number of aliphatic hydroxyl groups excluding tert-OH is 1. The van der Waals surface area contributed by atoms with Gasteiger partial charge in [-0.3, -0.25) is 14.4 Å². The molecule has 3 amide bonds. The predicted octanol–water partition coefficient (Wildman–Crippen LogP) is 3.56. The van der Waals surface area contributed by atoms with Crippen LogP contribution in [-0.4, -0.2) is 57.6 Å². The second-order valence-electron chi connectivity index (χ2n) is 10.9. The fourth-order valence-corrected chi connectivity index (χ4v) is 6.85. The van der Waals surface area contributed by atoms with Gasteiger partial charge in [0.2, 0.25) is 17.7 Å². The van der Waals surface area contributed by atoms with Crippen molar-refractivity contribution in [3.05, 3.63) is 72.8 Å². The highest BCUT2D eigenvalue weighted by molar-refractivity contribution is 6.06. The summed E-state index contributed by atoms with van der Waals surface area (Å²) >= 11 is 0. The van der Waals surface area contributed by atoms with Gasteiger partial charge in [-0.15, -0.1) is 0 Å². The highest BCUT2D eigenvalue weighted by atomic mass is 16.5. The Labute approximate surface area is 221 Å². The minimum Gasteiger partial charge on any atom is -0.394 e. The molecule has 2 unspecified atom stereocenters. The third-order valence-electron chi connectivity index (χ3n) is 8.54. The quantitative estimate of drug-likeness (QED) is 0.467. The van der Waals surface area contributed by atoms with E-state index < -0.39 is 35.1 Å². The van der Waals surface area contributed by atoms with Gasteiger partial charge in [-0.1, -0.05) is 48.5 Å². The molecule has 3 fully saturated rings. The monoisotopic (exact) mass is 513 g/mol. The van der Waals surface area contributed by atoms with E-state index in [0.29, 0.717) is 24.2 Å². The molecule has 0 aromatic heterocycles. The number of carbonyl (C=O) groups is 3. The van der Waals surface area contributed by atoms with Crippen LogP contribution in [-0.2, 0) is 19.1 Å². The lowest BCUT2D eigenvalue weighted by Gasteiger charge is -2.35. The third kappa shape index (κ3) is 3.62. The van der Waals surface area contributed by atoms with E-state index in [0.717, 1.165) is 10.8 Å². The molecule has 3 aromatic rings. The molecule has 1 spiro atoms. The molecule has 3 aromatic carbocycles. The smallest absolute Gasteiger partial charge is 0.250 e. The second kappa shape index (κ2) is 8.92. The van der Waals surface area contributed by atoms with Gasteiger partial charge in [-0.2, -0.15) is 0 Å². The van der Waals surface area contributed by atoms with E-state index in [1.165, 1.54) is 4.90 Å². The van der Waals surface area contributed by atoms with Crippen molar-refractivity contribution in [2.24, 2.45) is 11.8 Å². The van der Waals surface area contributed by atoms with Crippen molar-refractivity contribution in [1.82, 2.24) is 4.90 Å². The standard InChI is InChI=1S/C30H31N3O5/c1-18(17-34)33-25(27(36)32-22-13-12-19-8-6-7-9-20(19)16-22)30-15-14-29(2,38-30)23(24(30)28(33)37)26(35)31-21-10-4-3-5-11-21/h3-13,16,18,23-25,34H,14-15,17H2,1-2H3,(H,31,35)(H,32,36)/t18-,23-,24+,25?,29+,30?/m1/s1. The number of para-hydroxylation sites is 1. The summed E-state index contributed by atoms with van der Waals surface area (Å²) in [4.78, 5) is 43.0. The summed E-state index contributed by atoms with van der Waals surface area (Å²) in [6.45, 7) is 3.26. The van der Waals surface area contributed by atoms with Gasteiger partial charge in [0, 0.05) is 11.4 Å². The largest absolute Gasteiger partial charge is 0.394 e. The average Bonchev–Trinajstić information content (AvgIpc) is 3.49. The van der Waals surface area contributed by atoms with E-state index in [1.807, 2.05) is 67.6 Å². The third-order valence-corrected chi connectivity index (χ3v) is 8.54. The minimum absolute atomic E-state index is 0.300. The molecule has 3 aliphatic heterocycles. The molecule has 0 aliphatic carbocycles. The number of ether oxygens (including phenoxy) is 1. The van der Waals surface area contributed by atoms with Crippen molar-refractivity contribution in [2.75, 3.05) is 17.2 Å². The molecule has 196 valence electrons. The molecular weight excluding hydrogens is 482 g/mol. The molecule has 3 N–H and O–H groups in total. The summed E-state index contributed by atoms with van der Waals surface area (Å²) in [7, 11) is 0. The molecule has 3 saturated heterocycles. The van der Waals surface area contributed by atoms with E-state index in [2.05, 4.69) is 10.6 Å². The van der Waals surface area contributed by atoms with E-state index in [9.17, 15) is 19.5 Å². The first-order chi connectivity index (χ1) is 18.3. The summed E-state index contributed by atoms with van der Waals surface area (Å²) in [6, 6.07) is 21.0. The summed E-state index contributed by atoms with van der Waals surface area (Å²) < 4.78 is 6.61. The number of nitrogens with zero attached hydrogens (tertiary/aromatic N) is 1. The van der Waals surface area contributed by atoms with Crippen LogP contribution < -0.4 is 10.6 Å². The average molecular weight is 514 g/mol. The van der Waals surface area contributed by atoms with Gasteiger partial charge in [0.15, 0.2) is 0 Å². The normalized spacial score (nSPS) is 30.3. The van der Waals surface area contributed by atoms with Crippen LogP contribution in [0.2, 0.25) is 0 Å². The van der Waals surface area contributed by atoms with Crippen molar-refractivity contribution in [3.63, 3.8) is 0 Å². The van der Waals surface area contributed by atoms with Gasteiger partial charge < -0.3 is 25.4 Å². The first-order valence-electron chi connectivity index (χ1n) is 13.1. The number of aliphatic hydroxyl groups is 1. The maximum atomic E-state index is 14.0. The van der Waals surface area contributed by atoms with Crippen LogP contribution in [0, 0.1) is 11.8 Å². The summed E-state index contributed by atoms with van der Waals surface area (Å²) in [5.41, 5.74) is -0.798. The zero-order valence-corrected chi connectivity index (χ0v) is 21.4. The molecule has 3 aliphatic rings. The number of carbonyl (C=O) groups excluding carboxylic acids is 3. The molecule has 8 nitrogen and oxygen atoms in total. The number of rotatable bonds is 6. The maximum absolute atomic E-state index is 14.0. The molecule has 8 heteroatoms. The van der Waals surface area contributed by atoms with Gasteiger partial charge in [0.1, 0.15) is 11.6 Å². The summed E-state index contributed by atoms with van der Waals surface area (Å²) in [6.07, 6.45) is 1.02. The number of fused-ring (bicyclic) bond motifs is 2. The van der Waals surface area contributed by atoms with Crippen LogP contribution in [0.25, 0.3) is 10.8 Å². The van der Waals surface area contributed by atoms with Crippen molar-refractivity contribution in [3.8, 4) is 0 Å². The number of likely N-dealkylation sites (tertiary alicyclic amines) is 1. The lowest BCUT2D eigenvalue weighted by atomic mass is 9.66. The predicted molar refractivity (Wildman–Crippen MR) is 143 cm³/mol. The highest BCUT2D eigenvalue weighted by Crippen LogP contribution is 2.63.